The van der Waals surface area contributed by atoms with Gasteiger partial charge in [-0.15, -0.1) is 0 Å². The van der Waals surface area contributed by atoms with Crippen molar-refractivity contribution < 1.29 is 19.4 Å². The van der Waals surface area contributed by atoms with Crippen LogP contribution in [0.1, 0.15) is 37.8 Å². The number of carbonyl (C=O) groups excluding carboxylic acids is 1. The molecule has 3 aliphatic rings. The lowest BCUT2D eigenvalue weighted by atomic mass is 9.96. The Morgan fingerprint density at radius 1 is 0.959 bits per heavy atom. The number of benzene rings is 2. The summed E-state index contributed by atoms with van der Waals surface area (Å²) in [7, 11) is 0. The number of carboxylic acids is 1. The number of carbonyl (C=O) groups is 2. The monoisotopic (exact) mass is 670 g/mol. The maximum Gasteiger partial charge on any atom is 0.317 e. The first-order chi connectivity index (χ1) is 23.7. The van der Waals surface area contributed by atoms with Crippen molar-refractivity contribution in [2.24, 2.45) is 5.92 Å². The van der Waals surface area contributed by atoms with E-state index in [4.69, 9.17) is 14.8 Å². The summed E-state index contributed by atoms with van der Waals surface area (Å²) in [5.41, 5.74) is 6.12. The van der Waals surface area contributed by atoms with Gasteiger partial charge in [0.25, 0.3) is 0 Å². The molecule has 0 saturated carbocycles. The van der Waals surface area contributed by atoms with Crippen LogP contribution in [0.25, 0.3) is 11.3 Å². The third-order valence-corrected chi connectivity index (χ3v) is 9.77. The van der Waals surface area contributed by atoms with Crippen LogP contribution in [0, 0.1) is 12.8 Å². The number of urea groups is 1. The summed E-state index contributed by atoms with van der Waals surface area (Å²) in [6.45, 7) is 14.9. The number of hydrogen-bond acceptors (Lipinski definition) is 9. The van der Waals surface area contributed by atoms with Crippen LogP contribution in [0.3, 0.4) is 0 Å². The van der Waals surface area contributed by atoms with Crippen LogP contribution in [0.4, 0.5) is 22.1 Å². The van der Waals surface area contributed by atoms with E-state index >= 15 is 0 Å². The second kappa shape index (κ2) is 16.0. The number of likely N-dealkylation sites (tertiary alicyclic amines) is 2. The Morgan fingerprint density at radius 3 is 2.37 bits per heavy atom. The number of piperidine rings is 1. The van der Waals surface area contributed by atoms with Crippen molar-refractivity contribution in [3.8, 4) is 11.3 Å². The van der Waals surface area contributed by atoms with E-state index in [1.807, 2.05) is 32.0 Å². The zero-order valence-corrected chi connectivity index (χ0v) is 29.0. The Balaban J connectivity index is 0.954. The number of anilines is 3. The minimum Gasteiger partial charge on any atom is -0.480 e. The van der Waals surface area contributed by atoms with Crippen LogP contribution in [-0.4, -0.2) is 119 Å². The Morgan fingerprint density at radius 2 is 1.69 bits per heavy atom. The standard InChI is InChI=1S/C37H50N8O4/c1-26(2)49-33-23-45(24-33)37(48)39-21-30-5-4-29(20-27(30)3)34-10-13-38-36(41-34)40-31-6-8-32(9-7-31)44-18-16-43(17-19-44)22-28-11-14-42(15-12-28)25-35(46)47/h4-10,13,20,26,28,33H,11-12,14-19,21-25H2,1-3H3,(H,39,48)(H,46,47)(H,38,40,41). The van der Waals surface area contributed by atoms with Gasteiger partial charge in [0.1, 0.15) is 0 Å². The summed E-state index contributed by atoms with van der Waals surface area (Å²) >= 11 is 0. The van der Waals surface area contributed by atoms with Crippen molar-refractivity contribution in [2.75, 3.05) is 75.7 Å². The predicted octanol–water partition coefficient (Wildman–Crippen LogP) is 4.43. The number of aryl methyl sites for hydroxylation is 1. The van der Waals surface area contributed by atoms with Crippen LogP contribution >= 0.6 is 0 Å². The molecule has 49 heavy (non-hydrogen) atoms. The molecule has 2 amide bonds. The number of piperazine rings is 1. The molecule has 0 spiro atoms. The molecule has 1 aromatic heterocycles. The number of rotatable bonds is 12. The Kier molecular flexibility index (Phi) is 11.3. The Bertz CT molecular complexity index is 1560. The summed E-state index contributed by atoms with van der Waals surface area (Å²) in [6, 6.07) is 16.5. The molecular formula is C37H50N8O4. The predicted molar refractivity (Wildman–Crippen MR) is 191 cm³/mol. The molecule has 0 bridgehead atoms. The lowest BCUT2D eigenvalue weighted by Gasteiger charge is -2.39. The fourth-order valence-electron chi connectivity index (χ4n) is 6.95. The van der Waals surface area contributed by atoms with E-state index in [2.05, 4.69) is 67.6 Å². The van der Waals surface area contributed by atoms with Crippen LogP contribution in [-0.2, 0) is 16.1 Å². The number of carboxylic acid groups (broad SMARTS) is 1. The van der Waals surface area contributed by atoms with Gasteiger partial charge in [0.05, 0.1) is 37.5 Å². The van der Waals surface area contributed by atoms with E-state index in [0.717, 1.165) is 86.7 Å². The third kappa shape index (κ3) is 9.46. The summed E-state index contributed by atoms with van der Waals surface area (Å²) in [6.07, 6.45) is 4.23. The lowest BCUT2D eigenvalue weighted by molar-refractivity contribution is -0.138. The topological polar surface area (TPSA) is 126 Å². The highest BCUT2D eigenvalue weighted by molar-refractivity contribution is 5.75. The average Bonchev–Trinajstić information content (AvgIpc) is 3.07. The van der Waals surface area contributed by atoms with E-state index in [1.54, 1.807) is 11.1 Å². The molecule has 0 aliphatic carbocycles. The van der Waals surface area contributed by atoms with Crippen LogP contribution < -0.4 is 15.5 Å². The summed E-state index contributed by atoms with van der Waals surface area (Å²) in [5, 5.41) is 15.4. The van der Waals surface area contributed by atoms with E-state index < -0.39 is 5.97 Å². The molecule has 6 rings (SSSR count). The highest BCUT2D eigenvalue weighted by Crippen LogP contribution is 2.25. The molecule has 0 unspecified atom stereocenters. The second-order valence-corrected chi connectivity index (χ2v) is 13.9. The Labute approximate surface area is 289 Å². The summed E-state index contributed by atoms with van der Waals surface area (Å²) < 4.78 is 5.75. The highest BCUT2D eigenvalue weighted by atomic mass is 16.5. The lowest BCUT2D eigenvalue weighted by Crippen LogP contribution is -2.58. The average molecular weight is 671 g/mol. The van der Waals surface area contributed by atoms with Crippen LogP contribution in [0.2, 0.25) is 0 Å². The van der Waals surface area contributed by atoms with Gasteiger partial charge in [-0.3, -0.25) is 14.6 Å². The maximum atomic E-state index is 12.5. The van der Waals surface area contributed by atoms with Crippen molar-refractivity contribution in [3.63, 3.8) is 0 Å². The van der Waals surface area contributed by atoms with Crippen molar-refractivity contribution in [1.29, 1.82) is 0 Å². The van der Waals surface area contributed by atoms with Gasteiger partial charge in [0, 0.05) is 62.4 Å². The summed E-state index contributed by atoms with van der Waals surface area (Å²) in [5.74, 6) is 0.458. The Hall–Kier alpha value is -4.26. The second-order valence-electron chi connectivity index (χ2n) is 13.9. The molecule has 4 heterocycles. The first kappa shape index (κ1) is 34.6. The quantitative estimate of drug-likeness (QED) is 0.255. The van der Waals surface area contributed by atoms with Gasteiger partial charge in [-0.25, -0.2) is 14.8 Å². The zero-order valence-electron chi connectivity index (χ0n) is 29.0. The molecule has 3 fully saturated rings. The largest absolute Gasteiger partial charge is 0.480 e. The first-order valence-corrected chi connectivity index (χ1v) is 17.6. The number of aliphatic carboxylic acids is 1. The van der Waals surface area contributed by atoms with Gasteiger partial charge in [0.15, 0.2) is 0 Å². The van der Waals surface area contributed by atoms with E-state index in [1.165, 1.54) is 5.69 Å². The maximum absolute atomic E-state index is 12.5. The molecule has 0 radical (unpaired) electrons. The zero-order chi connectivity index (χ0) is 34.3. The fraction of sp³-hybridized carbons (Fsp3) is 0.514. The number of nitrogens with zero attached hydrogens (tertiary/aromatic N) is 6. The number of nitrogens with one attached hydrogen (secondary N) is 2. The van der Waals surface area contributed by atoms with E-state index in [9.17, 15) is 9.59 Å². The fourth-order valence-corrected chi connectivity index (χ4v) is 6.95. The number of hydrogen-bond donors (Lipinski definition) is 3. The molecule has 2 aromatic carbocycles. The van der Waals surface area contributed by atoms with Gasteiger partial charge in [-0.1, -0.05) is 12.1 Å². The molecule has 3 aromatic rings. The van der Waals surface area contributed by atoms with Crippen LogP contribution in [0.15, 0.2) is 54.7 Å². The minimum absolute atomic E-state index is 0.0610. The number of ether oxygens (including phenoxy) is 1. The molecule has 3 saturated heterocycles. The number of amides is 2. The molecule has 12 nitrogen and oxygen atoms in total. The number of aromatic nitrogens is 2. The van der Waals surface area contributed by atoms with Crippen molar-refractivity contribution >= 4 is 29.3 Å². The van der Waals surface area contributed by atoms with Crippen molar-refractivity contribution in [3.05, 3.63) is 65.9 Å². The molecule has 3 N–H and O–H groups in total. The molecule has 3 aliphatic heterocycles. The van der Waals surface area contributed by atoms with Gasteiger partial charge >= 0.3 is 12.0 Å². The molecule has 0 atom stereocenters. The minimum atomic E-state index is -0.733. The SMILES string of the molecule is Cc1cc(-c2ccnc(Nc3ccc(N4CCN(CC5CCN(CC(=O)O)CC5)CC4)cc3)n2)ccc1CNC(=O)N1CC(OC(C)C)C1. The third-order valence-electron chi connectivity index (χ3n) is 9.77. The normalized spacial score (nSPS) is 18.0. The smallest absolute Gasteiger partial charge is 0.317 e. The van der Waals surface area contributed by atoms with Gasteiger partial charge in [0.2, 0.25) is 5.95 Å². The first-order valence-electron chi connectivity index (χ1n) is 17.6. The van der Waals surface area contributed by atoms with Crippen molar-refractivity contribution in [2.45, 2.75) is 52.4 Å². The van der Waals surface area contributed by atoms with E-state index in [-0.39, 0.29) is 24.8 Å². The molecule has 262 valence electrons. The van der Waals surface area contributed by atoms with Crippen molar-refractivity contribution in [1.82, 2.24) is 30.0 Å². The van der Waals surface area contributed by atoms with Gasteiger partial charge in [-0.05, 0) is 100 Å². The summed E-state index contributed by atoms with van der Waals surface area (Å²) in [4.78, 5) is 41.6. The molecular weight excluding hydrogens is 620 g/mol. The molecule has 12 heteroatoms. The van der Waals surface area contributed by atoms with Gasteiger partial charge in [-0.2, -0.15) is 0 Å². The van der Waals surface area contributed by atoms with Crippen LogP contribution in [0.5, 0.6) is 0 Å². The van der Waals surface area contributed by atoms with E-state index in [0.29, 0.717) is 31.5 Å². The van der Waals surface area contributed by atoms with Gasteiger partial charge < -0.3 is 30.3 Å². The highest BCUT2D eigenvalue weighted by Gasteiger charge is 2.32.